The van der Waals surface area contributed by atoms with Gasteiger partial charge in [0.05, 0.1) is 16.6 Å². The van der Waals surface area contributed by atoms with E-state index < -0.39 is 10.8 Å². The summed E-state index contributed by atoms with van der Waals surface area (Å²) in [5.41, 5.74) is 3.86. The third kappa shape index (κ3) is 4.85. The SMILES string of the molecule is Cc1noc2nc(C(C)C)cc(C(=O)Nc3cccc(CS(=O)C4CCOCC4)c3)c12. The van der Waals surface area contributed by atoms with Gasteiger partial charge in [0.1, 0.15) is 0 Å². The highest BCUT2D eigenvalue weighted by Gasteiger charge is 2.22. The van der Waals surface area contributed by atoms with Gasteiger partial charge in [-0.1, -0.05) is 31.1 Å². The first kappa shape index (κ1) is 21.6. The zero-order chi connectivity index (χ0) is 22.0. The molecule has 1 aromatic carbocycles. The molecule has 0 aliphatic carbocycles. The van der Waals surface area contributed by atoms with Gasteiger partial charge in [-0.05, 0) is 49.4 Å². The Labute approximate surface area is 184 Å². The number of carbonyl (C=O) groups excluding carboxylic acids is 1. The normalized spacial score (nSPS) is 16.0. The summed E-state index contributed by atoms with van der Waals surface area (Å²) in [6, 6.07) is 9.34. The minimum Gasteiger partial charge on any atom is -0.381 e. The number of aromatic nitrogens is 2. The molecule has 0 saturated carbocycles. The number of rotatable bonds is 6. The lowest BCUT2D eigenvalue weighted by molar-refractivity contribution is 0.0991. The Bertz CT molecular complexity index is 1120. The number of amides is 1. The summed E-state index contributed by atoms with van der Waals surface area (Å²) >= 11 is 0. The van der Waals surface area contributed by atoms with Crippen molar-refractivity contribution in [3.63, 3.8) is 0 Å². The highest BCUT2D eigenvalue weighted by Crippen LogP contribution is 2.26. The number of fused-ring (bicyclic) bond motifs is 1. The van der Waals surface area contributed by atoms with Crippen LogP contribution < -0.4 is 5.32 Å². The average Bonchev–Trinajstić information content (AvgIpc) is 3.14. The van der Waals surface area contributed by atoms with Crippen molar-refractivity contribution in [3.05, 3.63) is 52.8 Å². The largest absolute Gasteiger partial charge is 0.381 e. The lowest BCUT2D eigenvalue weighted by Gasteiger charge is -2.21. The van der Waals surface area contributed by atoms with Gasteiger partial charge in [0.25, 0.3) is 11.6 Å². The van der Waals surface area contributed by atoms with Crippen molar-refractivity contribution in [2.45, 2.75) is 50.5 Å². The Balaban J connectivity index is 1.55. The molecule has 7 nitrogen and oxygen atoms in total. The first-order valence-corrected chi connectivity index (χ1v) is 11.9. The number of nitrogens with zero attached hydrogens (tertiary/aromatic N) is 2. The van der Waals surface area contributed by atoms with Crippen LogP contribution in [0.1, 0.15) is 59.9 Å². The highest BCUT2D eigenvalue weighted by molar-refractivity contribution is 7.84. The van der Waals surface area contributed by atoms with Crippen LogP contribution in [0.5, 0.6) is 0 Å². The molecule has 0 bridgehead atoms. The average molecular weight is 442 g/mol. The third-order valence-electron chi connectivity index (χ3n) is 5.51. The summed E-state index contributed by atoms with van der Waals surface area (Å²) in [5.74, 6) is 0.365. The quantitative estimate of drug-likeness (QED) is 0.612. The second-order valence-electron chi connectivity index (χ2n) is 8.19. The van der Waals surface area contributed by atoms with Crippen LogP contribution in [0.25, 0.3) is 11.1 Å². The van der Waals surface area contributed by atoms with Gasteiger partial charge < -0.3 is 14.6 Å². The molecule has 0 spiro atoms. The Morgan fingerprint density at radius 2 is 2.03 bits per heavy atom. The van der Waals surface area contributed by atoms with Crippen LogP contribution >= 0.6 is 0 Å². The van der Waals surface area contributed by atoms with Crippen molar-refractivity contribution < 1.29 is 18.3 Å². The van der Waals surface area contributed by atoms with Gasteiger partial charge in [0, 0.05) is 46.4 Å². The van der Waals surface area contributed by atoms with E-state index in [-0.39, 0.29) is 17.1 Å². The van der Waals surface area contributed by atoms with Crippen LogP contribution in [0.4, 0.5) is 5.69 Å². The number of anilines is 1. The molecular weight excluding hydrogens is 414 g/mol. The fourth-order valence-electron chi connectivity index (χ4n) is 3.75. The maximum atomic E-state index is 13.2. The molecule has 1 N–H and O–H groups in total. The maximum absolute atomic E-state index is 13.2. The number of aryl methyl sites for hydroxylation is 1. The molecule has 31 heavy (non-hydrogen) atoms. The van der Waals surface area contributed by atoms with Crippen LogP contribution in [0, 0.1) is 6.92 Å². The Morgan fingerprint density at radius 1 is 1.26 bits per heavy atom. The molecule has 1 unspecified atom stereocenters. The summed E-state index contributed by atoms with van der Waals surface area (Å²) in [6.07, 6.45) is 1.66. The molecule has 164 valence electrons. The molecule has 1 atom stereocenters. The molecule has 3 heterocycles. The van der Waals surface area contributed by atoms with Crippen LogP contribution in [0.3, 0.4) is 0 Å². The zero-order valence-electron chi connectivity index (χ0n) is 18.0. The van der Waals surface area contributed by atoms with Gasteiger partial charge >= 0.3 is 0 Å². The number of nitrogens with one attached hydrogen (secondary N) is 1. The number of benzene rings is 1. The molecule has 2 aromatic heterocycles. The topological polar surface area (TPSA) is 94.3 Å². The Kier molecular flexibility index (Phi) is 6.48. The van der Waals surface area contributed by atoms with Gasteiger partial charge in [0.15, 0.2) is 0 Å². The van der Waals surface area contributed by atoms with E-state index in [1.807, 2.05) is 38.1 Å². The predicted octanol–water partition coefficient (Wildman–Crippen LogP) is 4.33. The molecule has 1 fully saturated rings. The number of pyridine rings is 1. The first-order chi connectivity index (χ1) is 14.9. The third-order valence-corrected chi connectivity index (χ3v) is 7.34. The fraction of sp³-hybridized carbons (Fsp3) is 0.435. The van der Waals surface area contributed by atoms with Crippen molar-refractivity contribution in [1.29, 1.82) is 0 Å². The molecule has 3 aromatic rings. The van der Waals surface area contributed by atoms with Gasteiger partial charge in [-0.15, -0.1) is 0 Å². The van der Waals surface area contributed by atoms with E-state index in [1.165, 1.54) is 0 Å². The van der Waals surface area contributed by atoms with Crippen molar-refractivity contribution in [2.24, 2.45) is 0 Å². The summed E-state index contributed by atoms with van der Waals surface area (Å²) in [7, 11) is -0.961. The number of hydrogen-bond donors (Lipinski definition) is 1. The Morgan fingerprint density at radius 3 is 2.77 bits per heavy atom. The summed E-state index contributed by atoms with van der Waals surface area (Å²) in [6.45, 7) is 7.18. The molecule has 8 heteroatoms. The molecule has 1 aliphatic rings. The van der Waals surface area contributed by atoms with Crippen molar-refractivity contribution in [2.75, 3.05) is 18.5 Å². The molecule has 0 radical (unpaired) electrons. The molecular formula is C23H27N3O4S. The minimum absolute atomic E-state index is 0.143. The van der Waals surface area contributed by atoms with E-state index in [0.717, 1.165) is 24.1 Å². The van der Waals surface area contributed by atoms with Crippen molar-refractivity contribution in [3.8, 4) is 0 Å². The second-order valence-corrected chi connectivity index (χ2v) is 9.91. The van der Waals surface area contributed by atoms with Gasteiger partial charge in [-0.2, -0.15) is 0 Å². The first-order valence-electron chi connectivity index (χ1n) is 10.5. The van der Waals surface area contributed by atoms with E-state index in [9.17, 15) is 9.00 Å². The number of ether oxygens (including phenoxy) is 1. The summed E-state index contributed by atoms with van der Waals surface area (Å²) < 4.78 is 23.4. The van der Waals surface area contributed by atoms with Gasteiger partial charge in [-0.3, -0.25) is 9.00 Å². The van der Waals surface area contributed by atoms with Crippen LogP contribution in [0.15, 0.2) is 34.9 Å². The lowest BCUT2D eigenvalue weighted by atomic mass is 10.0. The van der Waals surface area contributed by atoms with Gasteiger partial charge in [-0.25, -0.2) is 4.98 Å². The van der Waals surface area contributed by atoms with E-state index >= 15 is 0 Å². The summed E-state index contributed by atoms with van der Waals surface area (Å²) in [5, 5.41) is 7.74. The minimum atomic E-state index is -0.961. The van der Waals surface area contributed by atoms with Crippen molar-refractivity contribution >= 4 is 33.5 Å². The van der Waals surface area contributed by atoms with Crippen LogP contribution in [-0.4, -0.2) is 38.7 Å². The highest BCUT2D eigenvalue weighted by atomic mass is 32.2. The smallest absolute Gasteiger partial charge is 0.259 e. The lowest BCUT2D eigenvalue weighted by Crippen LogP contribution is -2.25. The van der Waals surface area contributed by atoms with E-state index in [4.69, 9.17) is 9.26 Å². The second kappa shape index (κ2) is 9.28. The molecule has 1 amide bonds. The van der Waals surface area contributed by atoms with E-state index in [2.05, 4.69) is 15.5 Å². The molecule has 4 rings (SSSR count). The molecule has 1 saturated heterocycles. The van der Waals surface area contributed by atoms with Crippen LogP contribution in [-0.2, 0) is 21.3 Å². The summed E-state index contributed by atoms with van der Waals surface area (Å²) in [4.78, 5) is 17.6. The zero-order valence-corrected chi connectivity index (χ0v) is 18.8. The maximum Gasteiger partial charge on any atom is 0.259 e. The predicted molar refractivity (Wildman–Crippen MR) is 121 cm³/mol. The van der Waals surface area contributed by atoms with Crippen LogP contribution in [0.2, 0.25) is 0 Å². The number of hydrogen-bond acceptors (Lipinski definition) is 6. The van der Waals surface area contributed by atoms with Gasteiger partial charge in [0.2, 0.25) is 0 Å². The standard InChI is InChI=1S/C23H27N3O4S/c1-14(2)20-12-19(21-15(3)26-30-23(21)25-20)22(27)24-17-6-4-5-16(11-17)13-31(28)18-7-9-29-10-8-18/h4-6,11-12,14,18H,7-10,13H2,1-3H3,(H,24,27). The molecule has 1 aliphatic heterocycles. The Hall–Kier alpha value is -2.58. The number of carbonyl (C=O) groups is 1. The van der Waals surface area contributed by atoms with Crippen molar-refractivity contribution in [1.82, 2.24) is 10.1 Å². The van der Waals surface area contributed by atoms with E-state index in [0.29, 0.717) is 47.0 Å². The monoisotopic (exact) mass is 441 g/mol. The van der Waals surface area contributed by atoms with E-state index in [1.54, 1.807) is 13.0 Å². The fourth-order valence-corrected chi connectivity index (χ4v) is 5.21.